The third-order valence-electron chi connectivity index (χ3n) is 3.09. The predicted octanol–water partition coefficient (Wildman–Crippen LogP) is 2.91. The van der Waals surface area contributed by atoms with E-state index in [0.29, 0.717) is 11.3 Å². The molecular weight excluding hydrogens is 266 g/mol. The highest BCUT2D eigenvalue weighted by Gasteiger charge is 2.20. The molecule has 0 radical (unpaired) electrons. The van der Waals surface area contributed by atoms with E-state index < -0.39 is 0 Å². The maximum Gasteiger partial charge on any atom is 0.230 e. The quantitative estimate of drug-likeness (QED) is 0.493. The lowest BCUT2D eigenvalue weighted by Gasteiger charge is -2.10. The normalized spacial score (nSPS) is 11.4. The molecule has 2 aromatic rings. The summed E-state index contributed by atoms with van der Waals surface area (Å²) in [5, 5.41) is 0. The van der Waals surface area contributed by atoms with Crippen LogP contribution in [0.2, 0.25) is 0 Å². The van der Waals surface area contributed by atoms with Crippen LogP contribution in [0.4, 0.5) is 0 Å². The van der Waals surface area contributed by atoms with E-state index in [1.165, 1.54) is 13.3 Å². The number of nitrogens with zero attached hydrogens (tertiary/aromatic N) is 1. The second-order valence-corrected chi connectivity index (χ2v) is 4.73. The zero-order chi connectivity index (χ0) is 15.4. The van der Waals surface area contributed by atoms with Gasteiger partial charge in [0.15, 0.2) is 12.2 Å². The van der Waals surface area contributed by atoms with Crippen molar-refractivity contribution >= 4 is 11.6 Å². The average Bonchev–Trinajstić information content (AvgIpc) is 2.90. The predicted molar refractivity (Wildman–Crippen MR) is 78.0 cm³/mol. The van der Waals surface area contributed by atoms with Gasteiger partial charge in [-0.2, -0.15) is 0 Å². The molecule has 0 spiro atoms. The third kappa shape index (κ3) is 3.26. The van der Waals surface area contributed by atoms with E-state index in [1.807, 2.05) is 19.1 Å². The summed E-state index contributed by atoms with van der Waals surface area (Å²) < 4.78 is 5.16. The van der Waals surface area contributed by atoms with Crippen LogP contribution in [0.15, 0.2) is 35.1 Å². The summed E-state index contributed by atoms with van der Waals surface area (Å²) in [5.41, 5.74) is 1.84. The van der Waals surface area contributed by atoms with Crippen LogP contribution in [-0.4, -0.2) is 16.6 Å². The third-order valence-corrected chi connectivity index (χ3v) is 3.09. The molecule has 4 heteroatoms. The SMILES string of the molecule is CC(=O)C#CC(C)c1ccccc1C(=O)c1ocnc1C. The van der Waals surface area contributed by atoms with E-state index in [0.717, 1.165) is 5.56 Å². The number of Topliss-reactive ketones (excluding diaryl/α,β-unsaturated/α-hetero) is 1. The van der Waals surface area contributed by atoms with Crippen molar-refractivity contribution in [1.29, 1.82) is 0 Å². The zero-order valence-corrected chi connectivity index (χ0v) is 12.1. The summed E-state index contributed by atoms with van der Waals surface area (Å²) in [6, 6.07) is 7.18. The molecule has 0 amide bonds. The van der Waals surface area contributed by atoms with Gasteiger partial charge in [0.1, 0.15) is 0 Å². The molecule has 1 atom stereocenters. The molecule has 4 nitrogen and oxygen atoms in total. The Kier molecular flexibility index (Phi) is 4.34. The maximum absolute atomic E-state index is 12.5. The minimum atomic E-state index is -0.225. The molecule has 0 N–H and O–H groups in total. The number of oxazole rings is 1. The number of hydrogen-bond donors (Lipinski definition) is 0. The Balaban J connectivity index is 2.43. The lowest BCUT2D eigenvalue weighted by atomic mass is 9.92. The summed E-state index contributed by atoms with van der Waals surface area (Å²) in [5.74, 6) is 4.96. The first-order chi connectivity index (χ1) is 10.0. The van der Waals surface area contributed by atoms with Crippen LogP contribution < -0.4 is 0 Å². The first-order valence-corrected chi connectivity index (χ1v) is 6.56. The summed E-state index contributed by atoms with van der Waals surface area (Å²) in [6.07, 6.45) is 1.25. The zero-order valence-electron chi connectivity index (χ0n) is 12.1. The first-order valence-electron chi connectivity index (χ1n) is 6.56. The van der Waals surface area contributed by atoms with Crippen LogP contribution in [0.1, 0.15) is 47.1 Å². The fourth-order valence-corrected chi connectivity index (χ4v) is 2.01. The van der Waals surface area contributed by atoms with Crippen LogP contribution in [0, 0.1) is 18.8 Å². The van der Waals surface area contributed by atoms with Crippen molar-refractivity contribution in [1.82, 2.24) is 4.98 Å². The Labute approximate surface area is 123 Å². The molecular formula is C17H15NO3. The maximum atomic E-state index is 12.5. The largest absolute Gasteiger partial charge is 0.440 e. The molecule has 1 aromatic carbocycles. The molecule has 0 aliphatic carbocycles. The molecule has 0 saturated heterocycles. The summed E-state index contributed by atoms with van der Waals surface area (Å²) in [6.45, 7) is 4.99. The van der Waals surface area contributed by atoms with E-state index in [2.05, 4.69) is 16.8 Å². The molecule has 0 aliphatic rings. The van der Waals surface area contributed by atoms with E-state index >= 15 is 0 Å². The lowest BCUT2D eigenvalue weighted by Crippen LogP contribution is -2.07. The van der Waals surface area contributed by atoms with E-state index in [9.17, 15) is 9.59 Å². The van der Waals surface area contributed by atoms with Crippen molar-refractivity contribution < 1.29 is 14.0 Å². The second-order valence-electron chi connectivity index (χ2n) is 4.73. The minimum Gasteiger partial charge on any atom is -0.440 e. The molecule has 0 saturated carbocycles. The Bertz CT molecular complexity index is 747. The highest BCUT2D eigenvalue weighted by molar-refractivity contribution is 6.08. The van der Waals surface area contributed by atoms with Gasteiger partial charge in [-0.3, -0.25) is 9.59 Å². The van der Waals surface area contributed by atoms with Crippen LogP contribution in [0.3, 0.4) is 0 Å². The average molecular weight is 281 g/mol. The molecule has 0 bridgehead atoms. The number of benzene rings is 1. The van der Waals surface area contributed by atoms with Gasteiger partial charge in [0.2, 0.25) is 11.6 Å². The van der Waals surface area contributed by atoms with Crippen molar-refractivity contribution in [3.8, 4) is 11.8 Å². The smallest absolute Gasteiger partial charge is 0.230 e. The van der Waals surface area contributed by atoms with Gasteiger partial charge < -0.3 is 4.42 Å². The van der Waals surface area contributed by atoms with Gasteiger partial charge in [0.25, 0.3) is 0 Å². The first kappa shape index (κ1) is 14.7. The summed E-state index contributed by atoms with van der Waals surface area (Å²) in [7, 11) is 0. The van der Waals surface area contributed by atoms with Crippen molar-refractivity contribution in [2.75, 3.05) is 0 Å². The van der Waals surface area contributed by atoms with Gasteiger partial charge in [-0.05, 0) is 25.3 Å². The van der Waals surface area contributed by atoms with Crippen LogP contribution in [0.5, 0.6) is 0 Å². The van der Waals surface area contributed by atoms with Crippen LogP contribution in [-0.2, 0) is 4.79 Å². The van der Waals surface area contributed by atoms with Gasteiger partial charge in [-0.25, -0.2) is 4.98 Å². The Morgan fingerprint density at radius 2 is 2.00 bits per heavy atom. The molecule has 21 heavy (non-hydrogen) atoms. The summed E-state index contributed by atoms with van der Waals surface area (Å²) in [4.78, 5) is 27.4. The lowest BCUT2D eigenvalue weighted by molar-refractivity contribution is -0.111. The van der Waals surface area contributed by atoms with Gasteiger partial charge in [-0.1, -0.05) is 30.2 Å². The highest BCUT2D eigenvalue weighted by Crippen LogP contribution is 2.23. The van der Waals surface area contributed by atoms with Crippen molar-refractivity contribution in [3.63, 3.8) is 0 Å². The van der Waals surface area contributed by atoms with Gasteiger partial charge in [0.05, 0.1) is 5.69 Å². The number of aryl methyl sites for hydroxylation is 1. The molecule has 1 heterocycles. The number of carbonyl (C=O) groups excluding carboxylic acids is 2. The Hall–Kier alpha value is -2.67. The molecule has 106 valence electrons. The Morgan fingerprint density at radius 3 is 2.62 bits per heavy atom. The van der Waals surface area contributed by atoms with Crippen molar-refractivity contribution in [3.05, 3.63) is 53.2 Å². The molecule has 1 aromatic heterocycles. The van der Waals surface area contributed by atoms with Crippen LogP contribution in [0.25, 0.3) is 0 Å². The minimum absolute atomic E-state index is 0.197. The number of aromatic nitrogens is 1. The van der Waals surface area contributed by atoms with Crippen molar-refractivity contribution in [2.45, 2.75) is 26.7 Å². The van der Waals surface area contributed by atoms with E-state index in [-0.39, 0.29) is 23.2 Å². The standard InChI is InChI=1S/C17H15NO3/c1-11(8-9-12(2)19)14-6-4-5-7-15(14)16(20)17-13(3)18-10-21-17/h4-7,10-11H,1-3H3. The van der Waals surface area contributed by atoms with Gasteiger partial charge in [-0.15, -0.1) is 0 Å². The number of rotatable bonds is 3. The number of hydrogen-bond acceptors (Lipinski definition) is 4. The van der Waals surface area contributed by atoms with Crippen LogP contribution >= 0.6 is 0 Å². The highest BCUT2D eigenvalue weighted by atomic mass is 16.3. The molecule has 2 rings (SSSR count). The van der Waals surface area contributed by atoms with E-state index in [4.69, 9.17) is 4.42 Å². The molecule has 0 aliphatic heterocycles. The topological polar surface area (TPSA) is 60.2 Å². The molecule has 1 unspecified atom stereocenters. The van der Waals surface area contributed by atoms with E-state index in [1.54, 1.807) is 19.1 Å². The van der Waals surface area contributed by atoms with Gasteiger partial charge >= 0.3 is 0 Å². The number of ketones is 2. The fourth-order valence-electron chi connectivity index (χ4n) is 2.01. The van der Waals surface area contributed by atoms with Gasteiger partial charge in [0, 0.05) is 18.4 Å². The molecule has 0 fully saturated rings. The summed E-state index contributed by atoms with van der Waals surface area (Å²) >= 11 is 0. The monoisotopic (exact) mass is 281 g/mol. The van der Waals surface area contributed by atoms with Crippen molar-refractivity contribution in [2.24, 2.45) is 0 Å². The number of carbonyl (C=O) groups is 2. The fraction of sp³-hybridized carbons (Fsp3) is 0.235. The Morgan fingerprint density at radius 1 is 1.29 bits per heavy atom. The second kappa shape index (κ2) is 6.19.